The van der Waals surface area contributed by atoms with Crippen LogP contribution in [-0.2, 0) is 0 Å². The summed E-state index contributed by atoms with van der Waals surface area (Å²) in [5.74, 6) is 0.648. The molecule has 0 atom stereocenters. The van der Waals surface area contributed by atoms with Gasteiger partial charge in [-0.15, -0.1) is 0 Å². The second kappa shape index (κ2) is 10.3. The molecular formula is C20H29N3OS. The van der Waals surface area contributed by atoms with Crippen LogP contribution in [0.4, 0.5) is 0 Å². The van der Waals surface area contributed by atoms with E-state index in [0.717, 1.165) is 60.5 Å². The maximum absolute atomic E-state index is 5.82. The molecule has 0 fully saturated rings. The summed E-state index contributed by atoms with van der Waals surface area (Å²) in [6.45, 7) is 11.1. The Hall–Kier alpha value is -1.72. The third-order valence-electron chi connectivity index (χ3n) is 4.29. The number of ether oxygens (including phenoxy) is 1. The highest BCUT2D eigenvalue weighted by Crippen LogP contribution is 2.22. The number of unbranched alkanes of at least 4 members (excludes halogenated alkanes) is 1. The minimum absolute atomic E-state index is 0.648. The molecule has 1 N–H and O–H groups in total. The van der Waals surface area contributed by atoms with E-state index in [1.807, 2.05) is 24.3 Å². The summed E-state index contributed by atoms with van der Waals surface area (Å²) >= 11 is 5.65. The molecule has 0 saturated carbocycles. The number of hydrogen-bond acceptors (Lipinski definition) is 4. The molecule has 136 valence electrons. The lowest BCUT2D eigenvalue weighted by atomic mass is 10.1. The minimum atomic E-state index is 0.648. The van der Waals surface area contributed by atoms with Crippen LogP contribution in [0.2, 0.25) is 0 Å². The van der Waals surface area contributed by atoms with Crippen molar-refractivity contribution in [3.8, 4) is 5.88 Å². The summed E-state index contributed by atoms with van der Waals surface area (Å²) in [6, 6.07) is 10.0. The first-order valence-corrected chi connectivity index (χ1v) is 9.63. The normalized spacial score (nSPS) is 11.0. The fourth-order valence-corrected chi connectivity index (χ4v) is 2.97. The van der Waals surface area contributed by atoms with E-state index in [0.29, 0.717) is 12.5 Å². The molecule has 0 aliphatic carbocycles. The Morgan fingerprint density at radius 2 is 1.96 bits per heavy atom. The molecule has 0 unspecified atom stereocenters. The zero-order valence-electron chi connectivity index (χ0n) is 15.5. The number of fused-ring (bicyclic) bond motifs is 1. The topological polar surface area (TPSA) is 37.4 Å². The van der Waals surface area contributed by atoms with E-state index in [2.05, 4.69) is 42.0 Å². The van der Waals surface area contributed by atoms with E-state index in [1.54, 1.807) is 0 Å². The van der Waals surface area contributed by atoms with Crippen molar-refractivity contribution >= 4 is 28.1 Å². The molecule has 0 amide bonds. The Labute approximate surface area is 156 Å². The van der Waals surface area contributed by atoms with Crippen molar-refractivity contribution in [3.05, 3.63) is 35.9 Å². The third kappa shape index (κ3) is 5.65. The van der Waals surface area contributed by atoms with Crippen LogP contribution in [0.1, 0.15) is 39.2 Å². The van der Waals surface area contributed by atoms with E-state index >= 15 is 0 Å². The number of likely N-dealkylation sites (N-methyl/N-ethyl adjacent to an activating group) is 1. The van der Waals surface area contributed by atoms with E-state index in [4.69, 9.17) is 17.0 Å². The molecule has 0 saturated heterocycles. The van der Waals surface area contributed by atoms with Gasteiger partial charge in [0.25, 0.3) is 0 Å². The molecule has 2 rings (SSSR count). The predicted molar refractivity (Wildman–Crippen MR) is 110 cm³/mol. The van der Waals surface area contributed by atoms with Crippen LogP contribution in [0.5, 0.6) is 5.88 Å². The first-order valence-electron chi connectivity index (χ1n) is 9.22. The first-order chi connectivity index (χ1) is 12.2. The van der Waals surface area contributed by atoms with E-state index in [-0.39, 0.29) is 0 Å². The van der Waals surface area contributed by atoms with E-state index in [1.165, 1.54) is 0 Å². The van der Waals surface area contributed by atoms with Crippen LogP contribution in [0.25, 0.3) is 10.9 Å². The molecule has 1 aromatic carbocycles. The average molecular weight is 360 g/mol. The Morgan fingerprint density at radius 3 is 2.68 bits per heavy atom. The van der Waals surface area contributed by atoms with Crippen LogP contribution >= 0.6 is 12.2 Å². The number of benzene rings is 1. The SMILES string of the molecule is CCCCOc1cc(C(=S)NCCN(CC)CC)c2ccccc2n1. The summed E-state index contributed by atoms with van der Waals surface area (Å²) in [6.07, 6.45) is 2.13. The van der Waals surface area contributed by atoms with Gasteiger partial charge in [0.2, 0.25) is 5.88 Å². The Bertz CT molecular complexity index is 686. The van der Waals surface area contributed by atoms with Crippen molar-refractivity contribution < 1.29 is 4.74 Å². The van der Waals surface area contributed by atoms with Crippen LogP contribution in [0, 0.1) is 0 Å². The van der Waals surface area contributed by atoms with Gasteiger partial charge in [-0.2, -0.15) is 0 Å². The highest BCUT2D eigenvalue weighted by atomic mass is 32.1. The van der Waals surface area contributed by atoms with Gasteiger partial charge >= 0.3 is 0 Å². The van der Waals surface area contributed by atoms with Crippen LogP contribution in [0.15, 0.2) is 30.3 Å². The molecule has 5 heteroatoms. The minimum Gasteiger partial charge on any atom is -0.478 e. The number of nitrogens with one attached hydrogen (secondary N) is 1. The lowest BCUT2D eigenvalue weighted by Gasteiger charge is -2.19. The molecule has 0 spiro atoms. The summed E-state index contributed by atoms with van der Waals surface area (Å²) < 4.78 is 5.82. The molecule has 0 bridgehead atoms. The summed E-state index contributed by atoms with van der Waals surface area (Å²) in [5, 5.41) is 4.45. The monoisotopic (exact) mass is 359 g/mol. The molecule has 4 nitrogen and oxygen atoms in total. The number of hydrogen-bond donors (Lipinski definition) is 1. The number of aromatic nitrogens is 1. The van der Waals surface area contributed by atoms with E-state index in [9.17, 15) is 0 Å². The third-order valence-corrected chi connectivity index (χ3v) is 4.66. The number of para-hydroxylation sites is 1. The van der Waals surface area contributed by atoms with Gasteiger partial charge in [0.15, 0.2) is 0 Å². The lowest BCUT2D eigenvalue weighted by Crippen LogP contribution is -2.34. The Morgan fingerprint density at radius 1 is 1.20 bits per heavy atom. The van der Waals surface area contributed by atoms with Gasteiger partial charge in [-0.25, -0.2) is 4.98 Å². The van der Waals surface area contributed by atoms with Gasteiger partial charge in [0, 0.05) is 30.1 Å². The number of rotatable bonds is 10. The van der Waals surface area contributed by atoms with Crippen LogP contribution in [-0.4, -0.2) is 47.7 Å². The second-order valence-corrected chi connectivity index (χ2v) is 6.42. The molecule has 1 aromatic heterocycles. The van der Waals surface area contributed by atoms with Crippen molar-refractivity contribution in [2.75, 3.05) is 32.8 Å². The number of thiocarbonyl (C=S) groups is 1. The Balaban J connectivity index is 2.15. The Kier molecular flexibility index (Phi) is 8.09. The highest BCUT2D eigenvalue weighted by molar-refractivity contribution is 7.80. The van der Waals surface area contributed by atoms with Gasteiger partial charge < -0.3 is 15.0 Å². The number of pyridine rings is 1. The molecular weight excluding hydrogens is 330 g/mol. The largest absolute Gasteiger partial charge is 0.478 e. The summed E-state index contributed by atoms with van der Waals surface area (Å²) in [7, 11) is 0. The zero-order valence-corrected chi connectivity index (χ0v) is 16.4. The smallest absolute Gasteiger partial charge is 0.214 e. The van der Waals surface area contributed by atoms with Crippen LogP contribution in [0.3, 0.4) is 0 Å². The molecule has 25 heavy (non-hydrogen) atoms. The lowest BCUT2D eigenvalue weighted by molar-refractivity contribution is 0.299. The first kappa shape index (κ1) is 19.6. The second-order valence-electron chi connectivity index (χ2n) is 6.01. The molecule has 0 aliphatic heterocycles. The van der Waals surface area contributed by atoms with Gasteiger partial charge in [-0.3, -0.25) is 0 Å². The van der Waals surface area contributed by atoms with Crippen molar-refractivity contribution in [1.82, 2.24) is 15.2 Å². The predicted octanol–water partition coefficient (Wildman–Crippen LogP) is 4.02. The van der Waals surface area contributed by atoms with Crippen LogP contribution < -0.4 is 10.1 Å². The molecule has 1 heterocycles. The number of nitrogens with zero attached hydrogens (tertiary/aromatic N) is 2. The van der Waals surface area contributed by atoms with Crippen molar-refractivity contribution in [2.24, 2.45) is 0 Å². The van der Waals surface area contributed by atoms with Crippen molar-refractivity contribution in [2.45, 2.75) is 33.6 Å². The van der Waals surface area contributed by atoms with Gasteiger partial charge in [-0.1, -0.05) is 57.6 Å². The summed E-state index contributed by atoms with van der Waals surface area (Å²) in [4.78, 5) is 7.74. The zero-order chi connectivity index (χ0) is 18.1. The molecule has 2 aromatic rings. The van der Waals surface area contributed by atoms with E-state index < -0.39 is 0 Å². The quantitative estimate of drug-likeness (QED) is 0.512. The maximum atomic E-state index is 5.82. The molecule has 0 aliphatic rings. The van der Waals surface area contributed by atoms with Gasteiger partial charge in [0.1, 0.15) is 4.99 Å². The maximum Gasteiger partial charge on any atom is 0.214 e. The fraction of sp³-hybridized carbons (Fsp3) is 0.500. The van der Waals surface area contributed by atoms with Crippen molar-refractivity contribution in [3.63, 3.8) is 0 Å². The van der Waals surface area contributed by atoms with Crippen molar-refractivity contribution in [1.29, 1.82) is 0 Å². The molecule has 0 radical (unpaired) electrons. The average Bonchev–Trinajstić information content (AvgIpc) is 2.64. The summed E-state index contributed by atoms with van der Waals surface area (Å²) in [5.41, 5.74) is 1.91. The fourth-order valence-electron chi connectivity index (χ4n) is 2.70. The highest BCUT2D eigenvalue weighted by Gasteiger charge is 2.11. The van der Waals surface area contributed by atoms with Gasteiger partial charge in [0.05, 0.1) is 12.1 Å². The standard InChI is InChI=1S/C20H29N3OS/c1-4-7-14-24-19-15-17(16-10-8-9-11-18(16)22-19)20(25)21-12-13-23(5-2)6-3/h8-11,15H,4-7,12-14H2,1-3H3,(H,21,25). The van der Waals surface area contributed by atoms with Gasteiger partial charge in [-0.05, 0) is 25.6 Å².